The maximum Gasteiger partial charge on any atom is 0.294 e. The van der Waals surface area contributed by atoms with E-state index in [0.29, 0.717) is 6.41 Å². The minimum Gasteiger partial charge on any atom is -0.393 e. The van der Waals surface area contributed by atoms with Crippen LogP contribution in [0.4, 0.5) is 17.1 Å². The molecule has 0 heterocycles. The number of benzene rings is 1. The lowest BCUT2D eigenvalue weighted by Gasteiger charge is -2.26. The first-order chi connectivity index (χ1) is 8.24. The molecule has 0 aliphatic rings. The molecule has 0 saturated carbocycles. The third-order valence-corrected chi connectivity index (χ3v) is 1.93. The number of nitrogens with zero attached hydrogens (tertiary/aromatic N) is 2. The third kappa shape index (κ3) is 3.42. The molecule has 1 aromatic rings. The van der Waals surface area contributed by atoms with Gasteiger partial charge in [0.15, 0.2) is 0 Å². The van der Waals surface area contributed by atoms with Crippen molar-refractivity contribution in [2.24, 2.45) is 0 Å². The van der Waals surface area contributed by atoms with Gasteiger partial charge in [0.2, 0.25) is 6.41 Å². The van der Waals surface area contributed by atoms with Gasteiger partial charge in [-0.3, -0.25) is 19.7 Å². The number of nitro benzene ring substituents is 1. The van der Waals surface area contributed by atoms with Gasteiger partial charge in [-0.25, -0.2) is 0 Å². The largest absolute Gasteiger partial charge is 0.393 e. The van der Waals surface area contributed by atoms with Gasteiger partial charge in [-0.15, -0.1) is 0 Å². The first-order valence-corrected chi connectivity index (χ1v) is 5.22. The molecule has 18 heavy (non-hydrogen) atoms. The van der Waals surface area contributed by atoms with E-state index in [9.17, 15) is 14.9 Å². The van der Waals surface area contributed by atoms with Crippen LogP contribution in [0.5, 0.6) is 0 Å². The molecule has 0 fully saturated rings. The predicted molar refractivity (Wildman–Crippen MR) is 66.9 cm³/mol. The fourth-order valence-corrected chi connectivity index (χ4v) is 1.26. The van der Waals surface area contributed by atoms with E-state index in [1.165, 1.54) is 18.2 Å². The van der Waals surface area contributed by atoms with Gasteiger partial charge in [0.1, 0.15) is 5.69 Å². The van der Waals surface area contributed by atoms with E-state index < -0.39 is 10.5 Å². The normalized spacial score (nSPS) is 11.1. The van der Waals surface area contributed by atoms with Crippen LogP contribution in [0.25, 0.3) is 0 Å². The monoisotopic (exact) mass is 253 g/mol. The summed E-state index contributed by atoms with van der Waals surface area (Å²) in [6, 6.07) is 4.02. The summed E-state index contributed by atoms with van der Waals surface area (Å²) in [5, 5.41) is 11.7. The molecular weight excluding hydrogens is 238 g/mol. The summed E-state index contributed by atoms with van der Waals surface area (Å²) in [7, 11) is 0. The Bertz CT molecular complexity index is 468. The van der Waals surface area contributed by atoms with E-state index in [1.54, 1.807) is 20.8 Å². The number of carbonyl (C=O) groups is 1. The average molecular weight is 253 g/mol. The molecule has 0 aromatic heterocycles. The van der Waals surface area contributed by atoms with Crippen molar-refractivity contribution in [1.82, 2.24) is 0 Å². The summed E-state index contributed by atoms with van der Waals surface area (Å²) in [6.07, 6.45) is 0.445. The zero-order valence-electron chi connectivity index (χ0n) is 10.4. The molecule has 0 radical (unpaired) electrons. The van der Waals surface area contributed by atoms with E-state index in [4.69, 9.17) is 10.6 Å². The number of anilines is 2. The molecule has 0 bridgehead atoms. The fourth-order valence-electron chi connectivity index (χ4n) is 1.26. The van der Waals surface area contributed by atoms with Gasteiger partial charge in [-0.2, -0.15) is 5.06 Å². The first kappa shape index (κ1) is 13.9. The van der Waals surface area contributed by atoms with Gasteiger partial charge in [-0.05, 0) is 32.9 Å². The molecule has 0 unspecified atom stereocenters. The Morgan fingerprint density at radius 1 is 1.44 bits per heavy atom. The zero-order chi connectivity index (χ0) is 13.9. The van der Waals surface area contributed by atoms with Gasteiger partial charge >= 0.3 is 0 Å². The Hall–Kier alpha value is -2.15. The zero-order valence-corrected chi connectivity index (χ0v) is 10.4. The number of nitrogens with two attached hydrogens (primary N) is 1. The summed E-state index contributed by atoms with van der Waals surface area (Å²) in [6.45, 7) is 5.28. The van der Waals surface area contributed by atoms with E-state index in [-0.39, 0.29) is 17.1 Å². The highest BCUT2D eigenvalue weighted by atomic mass is 16.7. The molecule has 2 N–H and O–H groups in total. The van der Waals surface area contributed by atoms with Gasteiger partial charge in [0.05, 0.1) is 16.2 Å². The minimum atomic E-state index is -0.612. The van der Waals surface area contributed by atoms with Crippen LogP contribution >= 0.6 is 0 Å². The summed E-state index contributed by atoms with van der Waals surface area (Å²) < 4.78 is 0. The SMILES string of the molecule is CC(C)(C)ON(C=O)c1ccc(N)c([N+](=O)[O-])c1. The highest BCUT2D eigenvalue weighted by Crippen LogP contribution is 2.28. The molecule has 0 aliphatic carbocycles. The van der Waals surface area contributed by atoms with Crippen LogP contribution in [-0.2, 0) is 9.63 Å². The number of nitro groups is 1. The maximum absolute atomic E-state index is 10.9. The summed E-state index contributed by atoms with van der Waals surface area (Å²) in [4.78, 5) is 26.4. The number of hydrogen-bond acceptors (Lipinski definition) is 5. The quantitative estimate of drug-likeness (QED) is 0.382. The number of hydroxylamine groups is 1. The van der Waals surface area contributed by atoms with Gasteiger partial charge in [0.25, 0.3) is 5.69 Å². The second-order valence-corrected chi connectivity index (χ2v) is 4.64. The van der Waals surface area contributed by atoms with Gasteiger partial charge in [-0.1, -0.05) is 0 Å². The molecule has 7 heteroatoms. The van der Waals surface area contributed by atoms with Crippen molar-refractivity contribution in [3.63, 3.8) is 0 Å². The van der Waals surface area contributed by atoms with Crippen LogP contribution in [0.2, 0.25) is 0 Å². The van der Waals surface area contributed by atoms with Crippen molar-refractivity contribution in [3.8, 4) is 0 Å². The molecular formula is C11H15N3O4. The first-order valence-electron chi connectivity index (χ1n) is 5.22. The molecule has 0 spiro atoms. The van der Waals surface area contributed by atoms with Crippen LogP contribution < -0.4 is 10.8 Å². The van der Waals surface area contributed by atoms with Gasteiger partial charge < -0.3 is 5.73 Å². The molecule has 0 atom stereocenters. The minimum absolute atomic E-state index is 0.0327. The lowest BCUT2D eigenvalue weighted by Crippen LogP contribution is -2.33. The molecule has 1 amide bonds. The van der Waals surface area contributed by atoms with Crippen LogP contribution in [0, 0.1) is 10.1 Å². The van der Waals surface area contributed by atoms with E-state index in [2.05, 4.69) is 0 Å². The van der Waals surface area contributed by atoms with Gasteiger partial charge in [0, 0.05) is 6.07 Å². The second kappa shape index (κ2) is 5.01. The van der Waals surface area contributed by atoms with Crippen molar-refractivity contribution < 1.29 is 14.6 Å². The van der Waals surface area contributed by atoms with Crippen molar-refractivity contribution in [1.29, 1.82) is 0 Å². The predicted octanol–water partition coefficient (Wildman–Crippen LogP) is 1.87. The van der Waals surface area contributed by atoms with Crippen molar-refractivity contribution in [2.45, 2.75) is 26.4 Å². The topological polar surface area (TPSA) is 98.7 Å². The van der Waals surface area contributed by atoms with Crippen LogP contribution in [0.15, 0.2) is 18.2 Å². The molecule has 98 valence electrons. The highest BCUT2D eigenvalue weighted by Gasteiger charge is 2.20. The fraction of sp³-hybridized carbons (Fsp3) is 0.364. The van der Waals surface area contributed by atoms with E-state index in [1.807, 2.05) is 0 Å². The second-order valence-electron chi connectivity index (χ2n) is 4.64. The number of hydrogen-bond donors (Lipinski definition) is 1. The van der Waals surface area contributed by atoms with Crippen molar-refractivity contribution >= 4 is 23.5 Å². The van der Waals surface area contributed by atoms with Crippen LogP contribution in [0.1, 0.15) is 20.8 Å². The Morgan fingerprint density at radius 3 is 2.50 bits per heavy atom. The number of rotatable bonds is 4. The Labute approximate surface area is 104 Å². The van der Waals surface area contributed by atoms with E-state index in [0.717, 1.165) is 5.06 Å². The molecule has 1 aromatic carbocycles. The summed E-state index contributed by atoms with van der Waals surface area (Å²) >= 11 is 0. The molecule has 0 saturated heterocycles. The lowest BCUT2D eigenvalue weighted by molar-refractivity contribution is -0.383. The van der Waals surface area contributed by atoms with Crippen LogP contribution in [0.3, 0.4) is 0 Å². The van der Waals surface area contributed by atoms with Crippen molar-refractivity contribution in [2.75, 3.05) is 10.8 Å². The molecule has 7 nitrogen and oxygen atoms in total. The number of nitrogen functional groups attached to an aromatic ring is 1. The molecule has 1 rings (SSSR count). The lowest BCUT2D eigenvalue weighted by atomic mass is 10.2. The Kier molecular flexibility index (Phi) is 3.87. The summed E-state index contributed by atoms with van der Waals surface area (Å²) in [5.41, 5.74) is 4.89. The maximum atomic E-state index is 10.9. The third-order valence-electron chi connectivity index (χ3n) is 1.93. The number of amides is 1. The highest BCUT2D eigenvalue weighted by molar-refractivity contribution is 5.76. The Balaban J connectivity index is 3.11. The standard InChI is InChI=1S/C11H15N3O4/c1-11(2,3)18-13(7-15)8-4-5-9(12)10(6-8)14(16)17/h4-7H,12H2,1-3H3. The van der Waals surface area contributed by atoms with Crippen molar-refractivity contribution in [3.05, 3.63) is 28.3 Å². The molecule has 0 aliphatic heterocycles. The summed E-state index contributed by atoms with van der Waals surface area (Å²) in [5.74, 6) is 0. The average Bonchev–Trinajstić information content (AvgIpc) is 2.25. The number of carbonyl (C=O) groups excluding carboxylic acids is 1. The van der Waals surface area contributed by atoms with E-state index >= 15 is 0 Å². The smallest absolute Gasteiger partial charge is 0.294 e. The van der Waals surface area contributed by atoms with Crippen LogP contribution in [-0.4, -0.2) is 16.9 Å². The Morgan fingerprint density at radius 2 is 2.06 bits per heavy atom.